The van der Waals surface area contributed by atoms with Crippen LogP contribution in [0.3, 0.4) is 0 Å². The molecule has 2 rings (SSSR count). The molecule has 0 fully saturated rings. The molecule has 7 nitrogen and oxygen atoms in total. The fourth-order valence-electron chi connectivity index (χ4n) is 3.72. The number of nitrogens with one attached hydrogen (secondary N) is 3. The van der Waals surface area contributed by atoms with Gasteiger partial charge in [-0.15, -0.1) is 13.2 Å². The van der Waals surface area contributed by atoms with Crippen molar-refractivity contribution in [2.24, 2.45) is 5.92 Å². The lowest BCUT2D eigenvalue weighted by Gasteiger charge is -2.30. The smallest absolute Gasteiger partial charge is 0.470 e. The molecular formula is C27H35ClF3N3O4. The van der Waals surface area contributed by atoms with Crippen LogP contribution in [-0.4, -0.2) is 43.8 Å². The van der Waals surface area contributed by atoms with Crippen LogP contribution in [-0.2, 0) is 11.2 Å². The van der Waals surface area contributed by atoms with Crippen LogP contribution in [0, 0.1) is 5.92 Å². The highest BCUT2D eigenvalue weighted by atomic mass is 35.5. The molecule has 11 heteroatoms. The predicted octanol–water partition coefficient (Wildman–Crippen LogP) is 5.14. The third-order valence-corrected chi connectivity index (χ3v) is 6.04. The molecule has 0 aliphatic rings. The first kappa shape index (κ1) is 31.1. The van der Waals surface area contributed by atoms with Crippen molar-refractivity contribution >= 4 is 17.5 Å². The predicted molar refractivity (Wildman–Crippen MR) is 141 cm³/mol. The zero-order chi connectivity index (χ0) is 28.1. The van der Waals surface area contributed by atoms with Crippen molar-refractivity contribution < 1.29 is 32.5 Å². The summed E-state index contributed by atoms with van der Waals surface area (Å²) in [6.07, 6.45) is -3.11. The van der Waals surface area contributed by atoms with Crippen molar-refractivity contribution in [3.05, 3.63) is 70.5 Å². The largest absolute Gasteiger partial charge is 0.573 e. The number of aliphatic hydroxyl groups excluding tert-OH is 1. The molecule has 0 spiro atoms. The number of aliphatic hydroxyl groups is 1. The van der Waals surface area contributed by atoms with Crippen molar-refractivity contribution in [3.63, 3.8) is 0 Å². The van der Waals surface area contributed by atoms with E-state index in [2.05, 4.69) is 20.7 Å². The van der Waals surface area contributed by atoms with Gasteiger partial charge < -0.3 is 30.5 Å². The van der Waals surface area contributed by atoms with Gasteiger partial charge in [-0.1, -0.05) is 36.7 Å². The molecule has 2 atom stereocenters. The molecule has 2 unspecified atom stereocenters. The van der Waals surface area contributed by atoms with Crippen molar-refractivity contribution in [1.82, 2.24) is 16.0 Å². The SMILES string of the molecule is CCC(Cc1ccc(Cl)cc1)C(N/C(NC)=C(\C)C(=O)NCCCCO)Oc1cccc(OC(F)(F)F)c1. The monoisotopic (exact) mass is 557 g/mol. The van der Waals surface area contributed by atoms with Crippen molar-refractivity contribution in [2.75, 3.05) is 20.2 Å². The van der Waals surface area contributed by atoms with Gasteiger partial charge >= 0.3 is 6.36 Å². The second-order valence-corrected chi connectivity index (χ2v) is 9.08. The normalized spacial score (nSPS) is 13.7. The number of rotatable bonds is 15. The Kier molecular flexibility index (Phi) is 12.6. The minimum Gasteiger partial charge on any atom is -0.470 e. The number of unbranched alkanes of at least 4 members (excludes halogenated alkanes) is 1. The summed E-state index contributed by atoms with van der Waals surface area (Å²) in [5.74, 6) is -0.272. The number of amides is 1. The van der Waals surface area contributed by atoms with Gasteiger partial charge in [0.2, 0.25) is 0 Å². The average molecular weight is 558 g/mol. The van der Waals surface area contributed by atoms with E-state index < -0.39 is 18.3 Å². The van der Waals surface area contributed by atoms with E-state index in [4.69, 9.17) is 21.4 Å². The van der Waals surface area contributed by atoms with Crippen LogP contribution in [0.4, 0.5) is 13.2 Å². The number of alkyl halides is 3. The minimum absolute atomic E-state index is 0.0499. The molecular weight excluding hydrogens is 523 g/mol. The van der Waals surface area contributed by atoms with Gasteiger partial charge in [0.15, 0.2) is 6.23 Å². The molecule has 38 heavy (non-hydrogen) atoms. The lowest BCUT2D eigenvalue weighted by Crippen LogP contribution is -2.45. The Morgan fingerprint density at radius 3 is 2.39 bits per heavy atom. The van der Waals surface area contributed by atoms with Gasteiger partial charge in [-0.2, -0.15) is 0 Å². The molecule has 0 saturated carbocycles. The summed E-state index contributed by atoms with van der Waals surface area (Å²) in [5.41, 5.74) is 1.37. The summed E-state index contributed by atoms with van der Waals surface area (Å²) in [7, 11) is 1.65. The third-order valence-electron chi connectivity index (χ3n) is 5.79. The van der Waals surface area contributed by atoms with E-state index in [1.165, 1.54) is 24.3 Å². The zero-order valence-corrected chi connectivity index (χ0v) is 22.5. The van der Waals surface area contributed by atoms with Crippen LogP contribution < -0.4 is 25.4 Å². The molecule has 0 saturated heterocycles. The molecule has 0 aliphatic carbocycles. The first-order valence-electron chi connectivity index (χ1n) is 12.4. The molecule has 0 heterocycles. The maximum atomic E-state index is 12.8. The van der Waals surface area contributed by atoms with E-state index in [9.17, 15) is 18.0 Å². The number of hydrogen-bond donors (Lipinski definition) is 4. The second kappa shape index (κ2) is 15.3. The number of hydrogen-bond acceptors (Lipinski definition) is 6. The van der Waals surface area contributed by atoms with Crippen LogP contribution in [0.15, 0.2) is 59.9 Å². The third kappa shape index (κ3) is 10.7. The van der Waals surface area contributed by atoms with Gasteiger partial charge in [-0.25, -0.2) is 0 Å². The molecule has 2 aromatic carbocycles. The summed E-state index contributed by atoms with van der Waals surface area (Å²) >= 11 is 6.02. The lowest BCUT2D eigenvalue weighted by atomic mass is 9.95. The van der Waals surface area contributed by atoms with Crippen LogP contribution in [0.25, 0.3) is 0 Å². The summed E-state index contributed by atoms with van der Waals surface area (Å²) in [6, 6.07) is 12.7. The summed E-state index contributed by atoms with van der Waals surface area (Å²) in [6.45, 7) is 4.09. The highest BCUT2D eigenvalue weighted by Gasteiger charge is 2.31. The molecule has 2 aromatic rings. The topological polar surface area (TPSA) is 91.9 Å². The average Bonchev–Trinajstić information content (AvgIpc) is 2.87. The van der Waals surface area contributed by atoms with Gasteiger partial charge in [0.1, 0.15) is 17.3 Å². The molecule has 210 valence electrons. The Labute approximate surface area is 226 Å². The summed E-state index contributed by atoms with van der Waals surface area (Å²) in [5, 5.41) is 18.6. The number of benzene rings is 2. The van der Waals surface area contributed by atoms with Crippen LogP contribution in [0.1, 0.15) is 38.7 Å². The standard InChI is InChI=1S/C27H35ClF3N3O4/c1-4-20(16-19-10-12-21(28)13-11-19)26(37-22-8-7-9-23(17-22)38-27(29,30)31)34-24(32-3)18(2)25(36)33-14-5-6-15-35/h7-13,17,20,26,32,34-35H,4-6,14-16H2,1-3H3,(H,33,36)/b24-18+. The van der Waals surface area contributed by atoms with E-state index in [0.717, 1.165) is 5.56 Å². The number of carbonyl (C=O) groups excluding carboxylic acids is 1. The quantitative estimate of drug-likeness (QED) is 0.138. The molecule has 0 bridgehead atoms. The van der Waals surface area contributed by atoms with Crippen LogP contribution in [0.5, 0.6) is 11.5 Å². The molecule has 0 aromatic heterocycles. The highest BCUT2D eigenvalue weighted by Crippen LogP contribution is 2.28. The second-order valence-electron chi connectivity index (χ2n) is 8.64. The van der Waals surface area contributed by atoms with Crippen molar-refractivity contribution in [2.45, 2.75) is 52.1 Å². The van der Waals surface area contributed by atoms with E-state index >= 15 is 0 Å². The first-order valence-corrected chi connectivity index (χ1v) is 12.7. The van der Waals surface area contributed by atoms with Gasteiger partial charge in [0.05, 0.1) is 5.57 Å². The van der Waals surface area contributed by atoms with E-state index in [-0.39, 0.29) is 24.2 Å². The minimum atomic E-state index is -4.83. The summed E-state index contributed by atoms with van der Waals surface area (Å²) in [4.78, 5) is 12.7. The molecule has 0 aliphatic heterocycles. The molecule has 0 radical (unpaired) electrons. The fourth-order valence-corrected chi connectivity index (χ4v) is 3.84. The Morgan fingerprint density at radius 2 is 1.79 bits per heavy atom. The molecule has 1 amide bonds. The van der Waals surface area contributed by atoms with Crippen molar-refractivity contribution in [3.8, 4) is 11.5 Å². The fraction of sp³-hybridized carbons (Fsp3) is 0.444. The Morgan fingerprint density at radius 1 is 1.11 bits per heavy atom. The summed E-state index contributed by atoms with van der Waals surface area (Å²) < 4.78 is 48.5. The van der Waals surface area contributed by atoms with Gasteiger partial charge in [-0.05, 0) is 62.4 Å². The number of carbonyl (C=O) groups is 1. The Bertz CT molecular complexity index is 1050. The van der Waals surface area contributed by atoms with Gasteiger partial charge in [0, 0.05) is 37.2 Å². The van der Waals surface area contributed by atoms with Gasteiger partial charge in [-0.3, -0.25) is 4.79 Å². The Hall–Kier alpha value is -3.11. The van der Waals surface area contributed by atoms with E-state index in [1.807, 2.05) is 19.1 Å². The van der Waals surface area contributed by atoms with E-state index in [1.54, 1.807) is 26.1 Å². The maximum Gasteiger partial charge on any atom is 0.573 e. The van der Waals surface area contributed by atoms with Crippen molar-refractivity contribution in [1.29, 1.82) is 0 Å². The van der Waals surface area contributed by atoms with Crippen LogP contribution in [0.2, 0.25) is 5.02 Å². The zero-order valence-electron chi connectivity index (χ0n) is 21.7. The van der Waals surface area contributed by atoms with Gasteiger partial charge in [0.25, 0.3) is 5.91 Å². The van der Waals surface area contributed by atoms with Crippen LogP contribution >= 0.6 is 11.6 Å². The Balaban J connectivity index is 2.33. The van der Waals surface area contributed by atoms with E-state index in [0.29, 0.717) is 48.6 Å². The first-order chi connectivity index (χ1) is 18.1. The number of ether oxygens (including phenoxy) is 2. The molecule has 4 N–H and O–H groups in total. The number of halogens is 4. The maximum absolute atomic E-state index is 12.8. The lowest BCUT2D eigenvalue weighted by molar-refractivity contribution is -0.274. The highest BCUT2D eigenvalue weighted by molar-refractivity contribution is 6.30.